The first kappa shape index (κ1) is 17.3. The number of ketones is 1. The molecular formula is C17H18ClNO4. The number of halogens is 1. The number of rotatable bonds is 7. The zero-order chi connectivity index (χ0) is 16.8. The molecule has 23 heavy (non-hydrogen) atoms. The quantitative estimate of drug-likeness (QED) is 0.677. The van der Waals surface area contributed by atoms with E-state index in [9.17, 15) is 9.90 Å². The third-order valence-electron chi connectivity index (χ3n) is 3.32. The zero-order valence-corrected chi connectivity index (χ0v) is 13.4. The van der Waals surface area contributed by atoms with Gasteiger partial charge in [-0.15, -0.1) is 0 Å². The average molecular weight is 336 g/mol. The molecule has 0 saturated carbocycles. The van der Waals surface area contributed by atoms with Crippen molar-refractivity contribution < 1.29 is 19.7 Å². The molecule has 0 bridgehead atoms. The fourth-order valence-corrected chi connectivity index (χ4v) is 2.17. The van der Waals surface area contributed by atoms with Gasteiger partial charge in [0.15, 0.2) is 5.78 Å². The highest BCUT2D eigenvalue weighted by Gasteiger charge is 2.15. The molecule has 0 aliphatic heterocycles. The Hall–Kier alpha value is -2.08. The maximum absolute atomic E-state index is 12.7. The number of methoxy groups -OCH3 is 1. The van der Waals surface area contributed by atoms with Crippen LogP contribution in [-0.4, -0.2) is 42.4 Å². The number of hydrogen-bond donors (Lipinski definition) is 3. The predicted octanol–water partition coefficient (Wildman–Crippen LogP) is 2.34. The number of nitrogens with one attached hydrogen (secondary N) is 1. The molecule has 0 aromatic heterocycles. The van der Waals surface area contributed by atoms with Crippen molar-refractivity contribution in [1.29, 1.82) is 0 Å². The van der Waals surface area contributed by atoms with Crippen molar-refractivity contribution in [3.8, 4) is 5.75 Å². The van der Waals surface area contributed by atoms with E-state index in [1.807, 2.05) is 0 Å². The van der Waals surface area contributed by atoms with Crippen LogP contribution in [0.1, 0.15) is 15.9 Å². The molecule has 0 radical (unpaired) electrons. The Morgan fingerprint density at radius 2 is 1.96 bits per heavy atom. The number of hydrogen-bond acceptors (Lipinski definition) is 5. The second-order valence-corrected chi connectivity index (χ2v) is 5.40. The molecule has 0 heterocycles. The Kier molecular flexibility index (Phi) is 5.98. The van der Waals surface area contributed by atoms with Gasteiger partial charge < -0.3 is 20.3 Å². The van der Waals surface area contributed by atoms with Gasteiger partial charge in [-0.25, -0.2) is 0 Å². The van der Waals surface area contributed by atoms with Gasteiger partial charge in [-0.3, -0.25) is 4.79 Å². The number of carbonyl (C=O) groups excluding carboxylic acids is 1. The average Bonchev–Trinajstić information content (AvgIpc) is 2.59. The Labute approximate surface area is 139 Å². The number of anilines is 1. The summed E-state index contributed by atoms with van der Waals surface area (Å²) in [4.78, 5) is 12.7. The zero-order valence-electron chi connectivity index (χ0n) is 12.6. The molecule has 0 saturated heterocycles. The fraction of sp³-hybridized carbons (Fsp3) is 0.235. The highest BCUT2D eigenvalue weighted by Crippen LogP contribution is 2.25. The van der Waals surface area contributed by atoms with E-state index in [1.54, 1.807) is 42.5 Å². The highest BCUT2D eigenvalue weighted by atomic mass is 35.5. The Morgan fingerprint density at radius 1 is 1.26 bits per heavy atom. The van der Waals surface area contributed by atoms with Crippen LogP contribution < -0.4 is 10.1 Å². The van der Waals surface area contributed by atoms with Gasteiger partial charge in [-0.1, -0.05) is 11.6 Å². The molecule has 1 unspecified atom stereocenters. The van der Waals surface area contributed by atoms with E-state index in [0.717, 1.165) is 0 Å². The fourth-order valence-electron chi connectivity index (χ4n) is 2.04. The third kappa shape index (κ3) is 4.45. The maximum atomic E-state index is 12.7. The van der Waals surface area contributed by atoms with Crippen molar-refractivity contribution in [2.24, 2.45) is 0 Å². The molecule has 3 N–H and O–H groups in total. The minimum atomic E-state index is -0.907. The summed E-state index contributed by atoms with van der Waals surface area (Å²) >= 11 is 5.85. The minimum absolute atomic E-state index is 0.129. The van der Waals surface area contributed by atoms with E-state index in [0.29, 0.717) is 27.6 Å². The standard InChI is InChI=1S/C17H18ClNO4/c1-23-14-6-7-16(19-9-13(21)10-20)15(8-14)17(22)11-2-4-12(18)5-3-11/h2-8,13,19-21H,9-10H2,1H3. The summed E-state index contributed by atoms with van der Waals surface area (Å²) in [6, 6.07) is 11.6. The van der Waals surface area contributed by atoms with Gasteiger partial charge in [0.2, 0.25) is 0 Å². The van der Waals surface area contributed by atoms with Crippen molar-refractivity contribution in [2.45, 2.75) is 6.10 Å². The molecule has 2 aromatic rings. The molecule has 1 atom stereocenters. The second-order valence-electron chi connectivity index (χ2n) is 4.96. The number of aliphatic hydroxyl groups excluding tert-OH is 2. The molecule has 6 heteroatoms. The van der Waals surface area contributed by atoms with Crippen molar-refractivity contribution >= 4 is 23.1 Å². The topological polar surface area (TPSA) is 78.8 Å². The first-order chi connectivity index (χ1) is 11.0. The molecule has 0 spiro atoms. The van der Waals surface area contributed by atoms with Crippen LogP contribution in [0.15, 0.2) is 42.5 Å². The summed E-state index contributed by atoms with van der Waals surface area (Å²) in [6.45, 7) is -0.229. The molecule has 0 fully saturated rings. The van der Waals surface area contributed by atoms with Crippen LogP contribution in [0, 0.1) is 0 Å². The van der Waals surface area contributed by atoms with Crippen LogP contribution in [0.2, 0.25) is 5.02 Å². The lowest BCUT2D eigenvalue weighted by Crippen LogP contribution is -2.23. The van der Waals surface area contributed by atoms with Crippen LogP contribution in [0.5, 0.6) is 5.75 Å². The van der Waals surface area contributed by atoms with E-state index in [-0.39, 0.29) is 18.9 Å². The lowest BCUT2D eigenvalue weighted by Gasteiger charge is -2.15. The van der Waals surface area contributed by atoms with E-state index in [1.165, 1.54) is 7.11 Å². The molecule has 2 rings (SSSR count). The first-order valence-corrected chi connectivity index (χ1v) is 7.44. The van der Waals surface area contributed by atoms with E-state index in [4.69, 9.17) is 21.4 Å². The Balaban J connectivity index is 2.33. The smallest absolute Gasteiger partial charge is 0.195 e. The number of carbonyl (C=O) groups is 1. The minimum Gasteiger partial charge on any atom is -0.497 e. The third-order valence-corrected chi connectivity index (χ3v) is 3.57. The molecule has 5 nitrogen and oxygen atoms in total. The van der Waals surface area contributed by atoms with Gasteiger partial charge in [0.05, 0.1) is 19.8 Å². The Bertz CT molecular complexity index is 673. The van der Waals surface area contributed by atoms with Gasteiger partial charge in [-0.05, 0) is 42.5 Å². The number of ether oxygens (including phenoxy) is 1. The number of aliphatic hydroxyl groups is 2. The van der Waals surface area contributed by atoms with Gasteiger partial charge in [0, 0.05) is 28.4 Å². The molecule has 0 aliphatic rings. The summed E-state index contributed by atoms with van der Waals surface area (Å²) in [5, 5.41) is 21.9. The van der Waals surface area contributed by atoms with Gasteiger partial charge in [-0.2, -0.15) is 0 Å². The molecule has 0 aliphatic carbocycles. The summed E-state index contributed by atoms with van der Waals surface area (Å²) in [6.07, 6.45) is -0.907. The molecule has 0 amide bonds. The summed E-state index contributed by atoms with van der Waals surface area (Å²) in [5.41, 5.74) is 1.46. The van der Waals surface area contributed by atoms with Gasteiger partial charge >= 0.3 is 0 Å². The van der Waals surface area contributed by atoms with Crippen molar-refractivity contribution in [3.05, 3.63) is 58.6 Å². The maximum Gasteiger partial charge on any atom is 0.195 e. The summed E-state index contributed by atoms with van der Waals surface area (Å²) in [5.74, 6) is 0.358. The van der Waals surface area contributed by atoms with Gasteiger partial charge in [0.25, 0.3) is 0 Å². The predicted molar refractivity (Wildman–Crippen MR) is 89.5 cm³/mol. The van der Waals surface area contributed by atoms with Crippen molar-refractivity contribution in [3.63, 3.8) is 0 Å². The van der Waals surface area contributed by atoms with E-state index in [2.05, 4.69) is 5.32 Å². The van der Waals surface area contributed by atoms with Crippen LogP contribution in [-0.2, 0) is 0 Å². The van der Waals surface area contributed by atoms with Gasteiger partial charge in [0.1, 0.15) is 5.75 Å². The van der Waals surface area contributed by atoms with Crippen LogP contribution in [0.3, 0.4) is 0 Å². The largest absolute Gasteiger partial charge is 0.497 e. The van der Waals surface area contributed by atoms with Crippen molar-refractivity contribution in [2.75, 3.05) is 25.6 Å². The van der Waals surface area contributed by atoms with Crippen molar-refractivity contribution in [1.82, 2.24) is 0 Å². The first-order valence-electron chi connectivity index (χ1n) is 7.06. The normalized spacial score (nSPS) is 11.8. The SMILES string of the molecule is COc1ccc(NCC(O)CO)c(C(=O)c2ccc(Cl)cc2)c1. The van der Waals surface area contributed by atoms with Crippen LogP contribution >= 0.6 is 11.6 Å². The molecule has 2 aromatic carbocycles. The monoisotopic (exact) mass is 335 g/mol. The summed E-state index contributed by atoms with van der Waals surface area (Å²) in [7, 11) is 1.52. The van der Waals surface area contributed by atoms with E-state index < -0.39 is 6.10 Å². The highest BCUT2D eigenvalue weighted by molar-refractivity contribution is 6.30. The number of benzene rings is 2. The lowest BCUT2D eigenvalue weighted by atomic mass is 10.0. The molecule has 122 valence electrons. The molecular weight excluding hydrogens is 318 g/mol. The van der Waals surface area contributed by atoms with Crippen LogP contribution in [0.4, 0.5) is 5.69 Å². The van der Waals surface area contributed by atoms with Crippen LogP contribution in [0.25, 0.3) is 0 Å². The van der Waals surface area contributed by atoms with E-state index >= 15 is 0 Å². The second kappa shape index (κ2) is 7.97. The summed E-state index contributed by atoms with van der Waals surface area (Å²) < 4.78 is 5.17. The Morgan fingerprint density at radius 3 is 2.57 bits per heavy atom. The lowest BCUT2D eigenvalue weighted by molar-refractivity contribution is 0.103.